The summed E-state index contributed by atoms with van der Waals surface area (Å²) in [4.78, 5) is 24.1. The van der Waals surface area contributed by atoms with Gasteiger partial charge in [-0.05, 0) is 19.1 Å². The second kappa shape index (κ2) is 4.12. The maximum absolute atomic E-state index is 13.5. The van der Waals surface area contributed by atoms with Crippen LogP contribution in [-0.4, -0.2) is 24.4 Å². The van der Waals surface area contributed by atoms with Crippen LogP contribution in [0, 0.1) is 11.6 Å². The number of piperazine rings is 1. The second-order valence-corrected chi connectivity index (χ2v) is 3.81. The van der Waals surface area contributed by atoms with Gasteiger partial charge in [-0.3, -0.25) is 14.5 Å². The number of halogens is 2. The lowest BCUT2D eigenvalue weighted by atomic mass is 10.1. The zero-order chi connectivity index (χ0) is 12.6. The third-order valence-electron chi connectivity index (χ3n) is 2.52. The van der Waals surface area contributed by atoms with Gasteiger partial charge in [0.15, 0.2) is 0 Å². The minimum absolute atomic E-state index is 0.0851. The van der Waals surface area contributed by atoms with Gasteiger partial charge in [0.2, 0.25) is 11.8 Å². The molecule has 2 rings (SSSR count). The number of rotatable bonds is 1. The van der Waals surface area contributed by atoms with E-state index in [1.807, 2.05) is 0 Å². The van der Waals surface area contributed by atoms with Crippen LogP contribution in [0.1, 0.15) is 6.92 Å². The molecule has 0 bridgehead atoms. The molecule has 1 saturated heterocycles. The maximum Gasteiger partial charge on any atom is 0.249 e. The Labute approximate surface area is 96.2 Å². The summed E-state index contributed by atoms with van der Waals surface area (Å²) < 4.78 is 26.2. The summed E-state index contributed by atoms with van der Waals surface area (Å²) in [6.45, 7) is 1.25. The average molecular weight is 240 g/mol. The molecule has 1 atom stereocenters. The Morgan fingerprint density at radius 1 is 1.35 bits per heavy atom. The van der Waals surface area contributed by atoms with Crippen LogP contribution in [0.3, 0.4) is 0 Å². The van der Waals surface area contributed by atoms with Crippen molar-refractivity contribution in [3.63, 3.8) is 0 Å². The standard InChI is InChI=1S/C11H10F2N2O2/c1-6-11(17)15(5-10(16)14-6)9-3-2-7(12)4-8(9)13/h2-4,6H,5H2,1H3,(H,14,16). The topological polar surface area (TPSA) is 49.4 Å². The van der Waals surface area contributed by atoms with Gasteiger partial charge < -0.3 is 5.32 Å². The normalized spacial score (nSPS) is 20.4. The predicted molar refractivity (Wildman–Crippen MR) is 56.3 cm³/mol. The minimum atomic E-state index is -0.861. The van der Waals surface area contributed by atoms with Crippen molar-refractivity contribution in [2.75, 3.05) is 11.4 Å². The van der Waals surface area contributed by atoms with Crippen molar-refractivity contribution in [3.8, 4) is 0 Å². The molecule has 0 radical (unpaired) electrons. The summed E-state index contributed by atoms with van der Waals surface area (Å²) in [6.07, 6.45) is 0. The second-order valence-electron chi connectivity index (χ2n) is 3.81. The number of nitrogens with one attached hydrogen (secondary N) is 1. The molecule has 0 aromatic heterocycles. The fourth-order valence-corrected chi connectivity index (χ4v) is 1.71. The monoisotopic (exact) mass is 240 g/mol. The predicted octanol–water partition coefficient (Wildman–Crippen LogP) is 0.816. The minimum Gasteiger partial charge on any atom is -0.343 e. The van der Waals surface area contributed by atoms with Crippen molar-refractivity contribution in [2.45, 2.75) is 13.0 Å². The SMILES string of the molecule is CC1NC(=O)CN(c2ccc(F)cc2F)C1=O. The van der Waals surface area contributed by atoms with Gasteiger partial charge in [-0.2, -0.15) is 0 Å². The molecule has 0 aliphatic carbocycles. The lowest BCUT2D eigenvalue weighted by Gasteiger charge is -2.30. The smallest absolute Gasteiger partial charge is 0.249 e. The van der Waals surface area contributed by atoms with Crippen molar-refractivity contribution in [1.29, 1.82) is 0 Å². The summed E-state index contributed by atoms with van der Waals surface area (Å²) in [7, 11) is 0. The molecule has 1 fully saturated rings. The Kier molecular flexibility index (Phi) is 2.79. The summed E-state index contributed by atoms with van der Waals surface area (Å²) in [5.41, 5.74) is -0.0851. The van der Waals surface area contributed by atoms with Crippen LogP contribution in [0.15, 0.2) is 18.2 Å². The first kappa shape index (κ1) is 11.5. The Bertz CT molecular complexity index is 490. The molecule has 1 unspecified atom stereocenters. The third kappa shape index (κ3) is 2.11. The molecule has 0 spiro atoms. The van der Waals surface area contributed by atoms with Crippen LogP contribution in [0.5, 0.6) is 0 Å². The van der Waals surface area contributed by atoms with Crippen molar-refractivity contribution in [2.24, 2.45) is 0 Å². The number of anilines is 1. The Morgan fingerprint density at radius 3 is 2.71 bits per heavy atom. The lowest BCUT2D eigenvalue weighted by molar-refractivity contribution is -0.130. The number of benzene rings is 1. The van der Waals surface area contributed by atoms with Gasteiger partial charge in [-0.25, -0.2) is 8.78 Å². The quantitative estimate of drug-likeness (QED) is 0.790. The molecular weight excluding hydrogens is 230 g/mol. The Hall–Kier alpha value is -1.98. The van der Waals surface area contributed by atoms with E-state index in [1.54, 1.807) is 0 Å². The molecule has 1 aromatic rings. The van der Waals surface area contributed by atoms with Crippen molar-refractivity contribution >= 4 is 17.5 Å². The number of carbonyl (C=O) groups is 2. The number of nitrogens with zero attached hydrogens (tertiary/aromatic N) is 1. The Morgan fingerprint density at radius 2 is 2.06 bits per heavy atom. The van der Waals surface area contributed by atoms with E-state index in [4.69, 9.17) is 0 Å². The average Bonchev–Trinajstić information content (AvgIpc) is 2.24. The summed E-state index contributed by atoms with van der Waals surface area (Å²) in [5, 5.41) is 2.43. The van der Waals surface area contributed by atoms with Gasteiger partial charge in [0.1, 0.15) is 24.2 Å². The molecule has 1 N–H and O–H groups in total. The molecule has 1 aromatic carbocycles. The molecule has 6 heteroatoms. The van der Waals surface area contributed by atoms with Crippen LogP contribution in [0.25, 0.3) is 0 Å². The first-order chi connectivity index (χ1) is 7.99. The summed E-state index contributed by atoms with van der Waals surface area (Å²) >= 11 is 0. The van der Waals surface area contributed by atoms with Crippen molar-refractivity contribution in [1.82, 2.24) is 5.32 Å². The van der Waals surface area contributed by atoms with E-state index in [0.717, 1.165) is 17.0 Å². The molecule has 2 amide bonds. The molecule has 1 heterocycles. The molecule has 90 valence electrons. The zero-order valence-electron chi connectivity index (χ0n) is 9.04. The molecular formula is C11H10F2N2O2. The van der Waals surface area contributed by atoms with Gasteiger partial charge in [0, 0.05) is 6.07 Å². The lowest BCUT2D eigenvalue weighted by Crippen LogP contribution is -2.57. The first-order valence-electron chi connectivity index (χ1n) is 5.05. The highest BCUT2D eigenvalue weighted by Gasteiger charge is 2.31. The van der Waals surface area contributed by atoms with Crippen LogP contribution >= 0.6 is 0 Å². The number of hydrogen-bond acceptors (Lipinski definition) is 2. The van der Waals surface area contributed by atoms with Crippen molar-refractivity contribution in [3.05, 3.63) is 29.8 Å². The fourth-order valence-electron chi connectivity index (χ4n) is 1.71. The van der Waals surface area contributed by atoms with Crippen LogP contribution in [0.4, 0.5) is 14.5 Å². The van der Waals surface area contributed by atoms with Crippen LogP contribution in [0.2, 0.25) is 0 Å². The number of hydrogen-bond donors (Lipinski definition) is 1. The highest BCUT2D eigenvalue weighted by molar-refractivity contribution is 6.06. The largest absolute Gasteiger partial charge is 0.343 e. The van der Waals surface area contributed by atoms with Crippen LogP contribution < -0.4 is 10.2 Å². The summed E-state index contributed by atoms with van der Waals surface area (Å²) in [6, 6.07) is 2.16. The van der Waals surface area contributed by atoms with Gasteiger partial charge >= 0.3 is 0 Å². The highest BCUT2D eigenvalue weighted by Crippen LogP contribution is 2.22. The van der Waals surface area contributed by atoms with Gasteiger partial charge in [0.25, 0.3) is 0 Å². The van der Waals surface area contributed by atoms with Gasteiger partial charge in [-0.15, -0.1) is 0 Å². The van der Waals surface area contributed by atoms with E-state index in [9.17, 15) is 18.4 Å². The zero-order valence-corrected chi connectivity index (χ0v) is 9.04. The van der Waals surface area contributed by atoms with E-state index in [1.165, 1.54) is 6.92 Å². The molecule has 1 aliphatic rings. The van der Waals surface area contributed by atoms with Crippen molar-refractivity contribution < 1.29 is 18.4 Å². The number of amides is 2. The van der Waals surface area contributed by atoms with Gasteiger partial charge in [-0.1, -0.05) is 0 Å². The van der Waals surface area contributed by atoms with E-state index >= 15 is 0 Å². The van der Waals surface area contributed by atoms with E-state index < -0.39 is 23.6 Å². The Balaban J connectivity index is 2.38. The number of carbonyl (C=O) groups excluding carboxylic acids is 2. The van der Waals surface area contributed by atoms with E-state index in [-0.39, 0.29) is 18.1 Å². The first-order valence-corrected chi connectivity index (χ1v) is 5.05. The molecule has 0 saturated carbocycles. The van der Waals surface area contributed by atoms with Crippen LogP contribution in [-0.2, 0) is 9.59 Å². The summed E-state index contributed by atoms with van der Waals surface area (Å²) in [5.74, 6) is -2.38. The third-order valence-corrected chi connectivity index (χ3v) is 2.52. The van der Waals surface area contributed by atoms with Gasteiger partial charge in [0.05, 0.1) is 5.69 Å². The van der Waals surface area contributed by atoms with E-state index in [0.29, 0.717) is 6.07 Å². The fraction of sp³-hybridized carbons (Fsp3) is 0.273. The van der Waals surface area contributed by atoms with E-state index in [2.05, 4.69) is 5.32 Å². The molecule has 17 heavy (non-hydrogen) atoms. The molecule has 4 nitrogen and oxygen atoms in total. The highest BCUT2D eigenvalue weighted by atomic mass is 19.1. The maximum atomic E-state index is 13.5. The molecule has 1 aliphatic heterocycles.